The molecule has 30 heavy (non-hydrogen) atoms. The summed E-state index contributed by atoms with van der Waals surface area (Å²) in [5.74, 6) is 0.995. The average molecular weight is 458 g/mol. The van der Waals surface area contributed by atoms with Gasteiger partial charge in [0.1, 0.15) is 11.0 Å². The van der Waals surface area contributed by atoms with Crippen LogP contribution < -0.4 is 10.2 Å². The van der Waals surface area contributed by atoms with Crippen molar-refractivity contribution in [3.05, 3.63) is 11.2 Å². The zero-order chi connectivity index (χ0) is 22.3. The number of piperazine rings is 1. The van der Waals surface area contributed by atoms with E-state index >= 15 is 0 Å². The molecule has 1 atom stereocenters. The van der Waals surface area contributed by atoms with Gasteiger partial charge in [-0.25, -0.2) is 9.97 Å². The summed E-state index contributed by atoms with van der Waals surface area (Å²) in [4.78, 5) is 37.4. The number of hydrogen-bond donors (Lipinski definition) is 1. The number of rotatable bonds is 8. The summed E-state index contributed by atoms with van der Waals surface area (Å²) in [6, 6.07) is 1.80. The number of thioether (sulfide) groups is 1. The predicted molar refractivity (Wildman–Crippen MR) is 120 cm³/mol. The van der Waals surface area contributed by atoms with Crippen LogP contribution in [-0.2, 0) is 14.3 Å². The van der Waals surface area contributed by atoms with Crippen LogP contribution in [0.3, 0.4) is 0 Å². The summed E-state index contributed by atoms with van der Waals surface area (Å²) in [5.41, 5.74) is -0.0316. The Morgan fingerprint density at radius 3 is 2.70 bits per heavy atom. The molecule has 1 aromatic rings. The number of anilines is 1. The molecule has 1 aromatic heterocycles. The molecular weight excluding hydrogens is 426 g/mol. The monoisotopic (exact) mass is 457 g/mol. The number of halogens is 1. The minimum Gasteiger partial charge on any atom is -0.383 e. The molecule has 168 valence electrons. The number of nitrogens with zero attached hydrogens (tertiary/aromatic N) is 4. The van der Waals surface area contributed by atoms with E-state index in [2.05, 4.69) is 47.9 Å². The van der Waals surface area contributed by atoms with Crippen LogP contribution >= 0.6 is 23.4 Å². The number of carbonyl (C=O) groups is 2. The third-order valence-corrected chi connectivity index (χ3v) is 5.62. The molecular formula is C20H32ClN5O3S. The largest absolute Gasteiger partial charge is 0.383 e. The van der Waals surface area contributed by atoms with Crippen LogP contribution in [0.1, 0.15) is 34.1 Å². The third kappa shape index (κ3) is 7.92. The van der Waals surface area contributed by atoms with Gasteiger partial charge in [-0.3, -0.25) is 9.59 Å². The SMILES string of the molecule is COCCNC(=O)CSc1nc(Cl)cc(N2CCN(C(=O)CC(C)(C)C)C(C)C2)n1. The maximum absolute atomic E-state index is 12.6. The smallest absolute Gasteiger partial charge is 0.230 e. The predicted octanol–water partition coefficient (Wildman–Crippen LogP) is 2.46. The Balaban J connectivity index is 1.96. The second-order valence-electron chi connectivity index (χ2n) is 8.58. The molecule has 0 radical (unpaired) electrons. The average Bonchev–Trinajstić information content (AvgIpc) is 2.64. The molecule has 0 spiro atoms. The van der Waals surface area contributed by atoms with E-state index in [0.29, 0.717) is 55.3 Å². The number of nitrogens with one attached hydrogen (secondary N) is 1. The molecule has 2 amide bonds. The molecule has 8 nitrogen and oxygen atoms in total. The molecule has 2 rings (SSSR count). The fourth-order valence-corrected chi connectivity index (χ4v) is 4.09. The Morgan fingerprint density at radius 1 is 1.33 bits per heavy atom. The van der Waals surface area contributed by atoms with Crippen molar-refractivity contribution >= 4 is 41.0 Å². The number of aromatic nitrogens is 2. The van der Waals surface area contributed by atoms with E-state index in [9.17, 15) is 9.59 Å². The van der Waals surface area contributed by atoms with Gasteiger partial charge in [0.05, 0.1) is 12.4 Å². The molecule has 1 aliphatic heterocycles. The topological polar surface area (TPSA) is 87.7 Å². The first kappa shape index (κ1) is 24.7. The number of hydrogen-bond acceptors (Lipinski definition) is 7. The van der Waals surface area contributed by atoms with Crippen molar-refractivity contribution in [2.45, 2.75) is 45.3 Å². The fraction of sp³-hybridized carbons (Fsp3) is 0.700. The Kier molecular flexibility index (Phi) is 9.18. The van der Waals surface area contributed by atoms with Gasteiger partial charge in [0, 0.05) is 51.8 Å². The summed E-state index contributed by atoms with van der Waals surface area (Å²) in [7, 11) is 1.59. The van der Waals surface area contributed by atoms with E-state index in [0.717, 1.165) is 0 Å². The Morgan fingerprint density at radius 2 is 2.07 bits per heavy atom. The van der Waals surface area contributed by atoms with Crippen molar-refractivity contribution in [3.63, 3.8) is 0 Å². The van der Waals surface area contributed by atoms with Gasteiger partial charge in [-0.2, -0.15) is 0 Å². The number of methoxy groups -OCH3 is 1. The minimum absolute atomic E-state index is 0.0316. The van der Waals surface area contributed by atoms with Gasteiger partial charge in [0.15, 0.2) is 5.16 Å². The highest BCUT2D eigenvalue weighted by molar-refractivity contribution is 7.99. The standard InChI is InChI=1S/C20H32ClN5O3S/c1-14-12-25(7-8-26(14)18(28)11-20(2,3)4)16-10-15(21)23-19(24-16)30-13-17(27)22-6-9-29-5/h10,14H,6-9,11-13H2,1-5H3,(H,22,27). The van der Waals surface area contributed by atoms with Crippen LogP contribution in [0.4, 0.5) is 5.82 Å². The highest BCUT2D eigenvalue weighted by atomic mass is 35.5. The van der Waals surface area contributed by atoms with Crippen LogP contribution in [0.2, 0.25) is 5.15 Å². The first-order chi connectivity index (χ1) is 14.1. The Labute approximate surface area is 188 Å². The lowest BCUT2D eigenvalue weighted by molar-refractivity contribution is -0.135. The van der Waals surface area contributed by atoms with Gasteiger partial charge in [-0.15, -0.1) is 0 Å². The van der Waals surface area contributed by atoms with Crippen molar-refractivity contribution in [1.82, 2.24) is 20.2 Å². The highest BCUT2D eigenvalue weighted by Gasteiger charge is 2.30. The van der Waals surface area contributed by atoms with Crippen LogP contribution in [0.15, 0.2) is 11.2 Å². The van der Waals surface area contributed by atoms with Gasteiger partial charge < -0.3 is 19.9 Å². The molecule has 1 unspecified atom stereocenters. The fourth-order valence-electron chi connectivity index (χ4n) is 3.18. The lowest BCUT2D eigenvalue weighted by Crippen LogP contribution is -2.54. The molecule has 0 saturated carbocycles. The van der Waals surface area contributed by atoms with E-state index < -0.39 is 0 Å². The summed E-state index contributed by atoms with van der Waals surface area (Å²) in [6.45, 7) is 11.2. The van der Waals surface area contributed by atoms with E-state index in [-0.39, 0.29) is 29.0 Å². The molecule has 1 aliphatic rings. The summed E-state index contributed by atoms with van der Waals surface area (Å²) < 4.78 is 4.91. The molecule has 2 heterocycles. The summed E-state index contributed by atoms with van der Waals surface area (Å²) in [6.07, 6.45) is 0.532. The number of ether oxygens (including phenoxy) is 1. The van der Waals surface area contributed by atoms with Crippen LogP contribution in [0.25, 0.3) is 0 Å². The summed E-state index contributed by atoms with van der Waals surface area (Å²) in [5, 5.41) is 3.55. The number of amides is 2. The molecule has 1 saturated heterocycles. The van der Waals surface area contributed by atoms with Gasteiger partial charge in [0.2, 0.25) is 11.8 Å². The molecule has 1 fully saturated rings. The van der Waals surface area contributed by atoms with Crippen LogP contribution in [0, 0.1) is 5.41 Å². The first-order valence-corrected chi connectivity index (χ1v) is 11.4. The van der Waals surface area contributed by atoms with Crippen molar-refractivity contribution in [2.75, 3.05) is 50.5 Å². The van der Waals surface area contributed by atoms with Gasteiger partial charge in [-0.05, 0) is 12.3 Å². The zero-order valence-corrected chi connectivity index (χ0v) is 20.0. The third-order valence-electron chi connectivity index (χ3n) is 4.57. The Bertz CT molecular complexity index is 744. The van der Waals surface area contributed by atoms with E-state index in [1.807, 2.05) is 4.90 Å². The van der Waals surface area contributed by atoms with E-state index in [1.165, 1.54) is 11.8 Å². The maximum atomic E-state index is 12.6. The second-order valence-corrected chi connectivity index (χ2v) is 9.91. The lowest BCUT2D eigenvalue weighted by atomic mass is 9.91. The quantitative estimate of drug-likeness (QED) is 0.277. The van der Waals surface area contributed by atoms with Gasteiger partial charge in [0.25, 0.3) is 0 Å². The molecule has 10 heteroatoms. The second kappa shape index (κ2) is 11.2. The van der Waals surface area contributed by atoms with Crippen LogP contribution in [-0.4, -0.2) is 78.4 Å². The lowest BCUT2D eigenvalue weighted by Gasteiger charge is -2.41. The van der Waals surface area contributed by atoms with Crippen LogP contribution in [0.5, 0.6) is 0 Å². The number of carbonyl (C=O) groups excluding carboxylic acids is 2. The maximum Gasteiger partial charge on any atom is 0.230 e. The van der Waals surface area contributed by atoms with Crippen molar-refractivity contribution in [2.24, 2.45) is 5.41 Å². The van der Waals surface area contributed by atoms with E-state index in [1.54, 1.807) is 13.2 Å². The molecule has 0 bridgehead atoms. The molecule has 0 aliphatic carbocycles. The van der Waals surface area contributed by atoms with Gasteiger partial charge in [-0.1, -0.05) is 44.1 Å². The highest BCUT2D eigenvalue weighted by Crippen LogP contribution is 2.26. The van der Waals surface area contributed by atoms with Crippen molar-refractivity contribution in [1.29, 1.82) is 0 Å². The summed E-state index contributed by atoms with van der Waals surface area (Å²) >= 11 is 7.44. The van der Waals surface area contributed by atoms with Gasteiger partial charge >= 0.3 is 0 Å². The molecule has 1 N–H and O–H groups in total. The first-order valence-electron chi connectivity index (χ1n) is 10.1. The normalized spacial score (nSPS) is 17.2. The Hall–Kier alpha value is -1.58. The minimum atomic E-state index is -0.109. The van der Waals surface area contributed by atoms with Crippen molar-refractivity contribution < 1.29 is 14.3 Å². The molecule has 0 aromatic carbocycles. The van der Waals surface area contributed by atoms with Crippen molar-refractivity contribution in [3.8, 4) is 0 Å². The zero-order valence-electron chi connectivity index (χ0n) is 18.4. The van der Waals surface area contributed by atoms with E-state index in [4.69, 9.17) is 16.3 Å².